The highest BCUT2D eigenvalue weighted by atomic mass is 16.7. The van der Waals surface area contributed by atoms with E-state index in [0.717, 1.165) is 19.3 Å². The van der Waals surface area contributed by atoms with Crippen molar-refractivity contribution in [2.45, 2.75) is 148 Å². The Hall–Kier alpha value is -3.47. The summed E-state index contributed by atoms with van der Waals surface area (Å²) in [5, 5.41) is 2.80. The van der Waals surface area contributed by atoms with Crippen molar-refractivity contribution in [3.8, 4) is 0 Å². The molecule has 0 aromatic heterocycles. The van der Waals surface area contributed by atoms with Crippen molar-refractivity contribution in [1.82, 2.24) is 5.32 Å². The van der Waals surface area contributed by atoms with Crippen molar-refractivity contribution < 1.29 is 47.7 Å². The lowest BCUT2D eigenvalue weighted by molar-refractivity contribution is -0.271. The lowest BCUT2D eigenvalue weighted by atomic mass is 9.95. The summed E-state index contributed by atoms with van der Waals surface area (Å²) in [6.07, 6.45) is 8.84. The van der Waals surface area contributed by atoms with Crippen molar-refractivity contribution in [1.29, 1.82) is 0 Å². The Morgan fingerprint density at radius 1 is 0.696 bits per heavy atom. The number of esters is 4. The third-order valence-corrected chi connectivity index (χ3v) is 7.73. The third-order valence-electron chi connectivity index (χ3n) is 7.73. The number of rotatable bonds is 21. The van der Waals surface area contributed by atoms with E-state index in [4.69, 9.17) is 23.7 Å². The molecule has 1 saturated heterocycles. The van der Waals surface area contributed by atoms with E-state index >= 15 is 0 Å². The smallest absolute Gasteiger partial charge is 0.312 e. The average molecular weight is 648 g/mol. The SMILES string of the molecule is CCCCCCCCCCCCCCC(=O)N[C@@H]1[C@@H](OC(=O)Cc2ccccc2)O[C@H](COC(C)=O)[C@@H](OC(C)=O)[C@@H]1OC(C)=O. The molecule has 46 heavy (non-hydrogen) atoms. The first-order chi connectivity index (χ1) is 22.1. The van der Waals surface area contributed by atoms with Gasteiger partial charge in [-0.05, 0) is 12.0 Å². The van der Waals surface area contributed by atoms with Gasteiger partial charge in [-0.1, -0.05) is 108 Å². The summed E-state index contributed by atoms with van der Waals surface area (Å²) in [6, 6.07) is 7.71. The number of ether oxygens (including phenoxy) is 5. The minimum atomic E-state index is -1.43. The molecule has 1 fully saturated rings. The molecule has 1 N–H and O–H groups in total. The van der Waals surface area contributed by atoms with Crippen LogP contribution in [0.15, 0.2) is 30.3 Å². The van der Waals surface area contributed by atoms with Gasteiger partial charge in [0.1, 0.15) is 18.8 Å². The van der Waals surface area contributed by atoms with Crippen molar-refractivity contribution in [3.63, 3.8) is 0 Å². The highest BCUT2D eigenvalue weighted by molar-refractivity contribution is 5.77. The molecule has 1 amide bonds. The standard InChI is InChI=1S/C35H53NO10/c1-5-6-7-8-9-10-11-12-13-14-15-19-22-30(40)36-32-34(44-27(4)39)33(43-26(3)38)29(24-42-25(2)37)45-35(32)46-31(41)23-28-20-17-16-18-21-28/h16-18,20-21,29,32-35H,5-15,19,22-24H2,1-4H3,(H,36,40)/t29-,32+,33-,34-,35-/m1/s1. The Bertz CT molecular complexity index is 1080. The second-order valence-electron chi connectivity index (χ2n) is 11.9. The molecule has 258 valence electrons. The molecular weight excluding hydrogens is 594 g/mol. The molecule has 11 heteroatoms. The summed E-state index contributed by atoms with van der Waals surface area (Å²) in [6.45, 7) is 5.38. The fourth-order valence-corrected chi connectivity index (χ4v) is 5.47. The van der Waals surface area contributed by atoms with E-state index < -0.39 is 54.5 Å². The van der Waals surface area contributed by atoms with Crippen LogP contribution < -0.4 is 5.32 Å². The maximum Gasteiger partial charge on any atom is 0.312 e. The monoisotopic (exact) mass is 647 g/mol. The zero-order valence-corrected chi connectivity index (χ0v) is 28.0. The van der Waals surface area contributed by atoms with E-state index in [-0.39, 0.29) is 25.4 Å². The highest BCUT2D eigenvalue weighted by Crippen LogP contribution is 2.28. The van der Waals surface area contributed by atoms with Crippen LogP contribution in [0.5, 0.6) is 0 Å². The minimum Gasteiger partial charge on any atom is -0.463 e. The van der Waals surface area contributed by atoms with Gasteiger partial charge in [-0.3, -0.25) is 24.0 Å². The highest BCUT2D eigenvalue weighted by Gasteiger charge is 2.52. The molecule has 2 rings (SSSR count). The Labute approximate surface area is 273 Å². The molecule has 0 unspecified atom stereocenters. The topological polar surface area (TPSA) is 144 Å². The van der Waals surface area contributed by atoms with Gasteiger partial charge in [0.2, 0.25) is 12.2 Å². The summed E-state index contributed by atoms with van der Waals surface area (Å²) in [5.41, 5.74) is 0.696. The number of hydrogen-bond donors (Lipinski definition) is 1. The van der Waals surface area contributed by atoms with Gasteiger partial charge >= 0.3 is 23.9 Å². The maximum atomic E-state index is 13.1. The minimum absolute atomic E-state index is 0.0829. The molecule has 11 nitrogen and oxygen atoms in total. The fraction of sp³-hybridized carbons (Fsp3) is 0.686. The second-order valence-corrected chi connectivity index (χ2v) is 11.9. The second kappa shape index (κ2) is 22.1. The summed E-state index contributed by atoms with van der Waals surface area (Å²) in [4.78, 5) is 62.0. The van der Waals surface area contributed by atoms with E-state index in [1.165, 1.54) is 72.1 Å². The van der Waals surface area contributed by atoms with Gasteiger partial charge < -0.3 is 29.0 Å². The predicted molar refractivity (Wildman–Crippen MR) is 170 cm³/mol. The Morgan fingerprint density at radius 2 is 1.24 bits per heavy atom. The number of carbonyl (C=O) groups excluding carboxylic acids is 5. The number of hydrogen-bond acceptors (Lipinski definition) is 10. The zero-order valence-electron chi connectivity index (χ0n) is 28.0. The van der Waals surface area contributed by atoms with Crippen LogP contribution in [-0.4, -0.2) is 67.0 Å². The Kier molecular flexibility index (Phi) is 18.6. The lowest BCUT2D eigenvalue weighted by Gasteiger charge is -2.44. The molecule has 0 bridgehead atoms. The number of benzene rings is 1. The van der Waals surface area contributed by atoms with Gasteiger partial charge in [0, 0.05) is 27.2 Å². The summed E-state index contributed by atoms with van der Waals surface area (Å²) >= 11 is 0. The number of amides is 1. The molecule has 1 aliphatic heterocycles. The largest absolute Gasteiger partial charge is 0.463 e. The first kappa shape index (κ1) is 38.7. The van der Waals surface area contributed by atoms with Crippen LogP contribution in [0.2, 0.25) is 0 Å². The van der Waals surface area contributed by atoms with Crippen LogP contribution in [0, 0.1) is 0 Å². The number of unbranched alkanes of at least 4 members (excludes halogenated alkanes) is 11. The van der Waals surface area contributed by atoms with E-state index in [0.29, 0.717) is 12.0 Å². The normalized spacial score (nSPS) is 20.7. The first-order valence-corrected chi connectivity index (χ1v) is 16.8. The van der Waals surface area contributed by atoms with Crippen LogP contribution in [-0.2, 0) is 54.1 Å². The average Bonchev–Trinajstić information content (AvgIpc) is 2.99. The number of nitrogens with one attached hydrogen (secondary N) is 1. The summed E-state index contributed by atoms with van der Waals surface area (Å²) < 4.78 is 27.8. The lowest BCUT2D eigenvalue weighted by Crippen LogP contribution is -2.67. The van der Waals surface area contributed by atoms with E-state index in [1.807, 2.05) is 6.07 Å². The van der Waals surface area contributed by atoms with Gasteiger partial charge in [-0.15, -0.1) is 0 Å². The first-order valence-electron chi connectivity index (χ1n) is 16.8. The van der Waals surface area contributed by atoms with E-state index in [1.54, 1.807) is 24.3 Å². The maximum absolute atomic E-state index is 13.1. The quantitative estimate of drug-likeness (QED) is 0.103. The molecule has 0 saturated carbocycles. The predicted octanol–water partition coefficient (Wildman–Crippen LogP) is 5.50. The van der Waals surface area contributed by atoms with Crippen molar-refractivity contribution >= 4 is 29.8 Å². The molecule has 1 aliphatic rings. The number of carbonyl (C=O) groups is 5. The van der Waals surface area contributed by atoms with Gasteiger partial charge in [0.15, 0.2) is 12.2 Å². The zero-order chi connectivity index (χ0) is 33.7. The molecule has 1 aromatic carbocycles. The summed E-state index contributed by atoms with van der Waals surface area (Å²) in [5.74, 6) is -3.06. The van der Waals surface area contributed by atoms with E-state index in [2.05, 4.69) is 12.2 Å². The van der Waals surface area contributed by atoms with Crippen LogP contribution in [0.25, 0.3) is 0 Å². The van der Waals surface area contributed by atoms with Crippen LogP contribution in [0.1, 0.15) is 117 Å². The van der Waals surface area contributed by atoms with E-state index in [9.17, 15) is 24.0 Å². The molecule has 0 spiro atoms. The summed E-state index contributed by atoms with van der Waals surface area (Å²) in [7, 11) is 0. The van der Waals surface area contributed by atoms with Crippen molar-refractivity contribution in [3.05, 3.63) is 35.9 Å². The molecular formula is C35H53NO10. The molecule has 5 atom stereocenters. The van der Waals surface area contributed by atoms with Crippen LogP contribution in [0.4, 0.5) is 0 Å². The molecule has 0 aliphatic carbocycles. The third kappa shape index (κ3) is 15.7. The van der Waals surface area contributed by atoms with Gasteiger partial charge in [0.05, 0.1) is 6.42 Å². The molecule has 1 heterocycles. The molecule has 0 radical (unpaired) electrons. The van der Waals surface area contributed by atoms with Crippen molar-refractivity contribution in [2.75, 3.05) is 6.61 Å². The van der Waals surface area contributed by atoms with Gasteiger partial charge in [-0.2, -0.15) is 0 Å². The van der Waals surface area contributed by atoms with Crippen LogP contribution in [0.3, 0.4) is 0 Å². The Balaban J connectivity index is 2.06. The van der Waals surface area contributed by atoms with Crippen molar-refractivity contribution in [2.24, 2.45) is 0 Å². The Morgan fingerprint density at radius 3 is 1.78 bits per heavy atom. The van der Waals surface area contributed by atoms with Crippen LogP contribution >= 0.6 is 0 Å². The van der Waals surface area contributed by atoms with Gasteiger partial charge in [0.25, 0.3) is 0 Å². The fourth-order valence-electron chi connectivity index (χ4n) is 5.47. The molecule has 1 aromatic rings. The van der Waals surface area contributed by atoms with Gasteiger partial charge in [-0.25, -0.2) is 0 Å².